The van der Waals surface area contributed by atoms with Crippen LogP contribution in [0.3, 0.4) is 0 Å². The Bertz CT molecular complexity index is 80.1. The molecule has 1 saturated heterocycles. The Labute approximate surface area is 47.2 Å². The summed E-state index contributed by atoms with van der Waals surface area (Å²) in [5.41, 5.74) is 0. The van der Waals surface area contributed by atoms with Crippen molar-refractivity contribution >= 4 is 10.8 Å². The summed E-state index contributed by atoms with van der Waals surface area (Å²) >= 11 is 0. The van der Waals surface area contributed by atoms with Gasteiger partial charge in [-0.2, -0.15) is 0 Å². The summed E-state index contributed by atoms with van der Waals surface area (Å²) in [5.74, 6) is 1.69. The topological polar surface area (TPSA) is 29.1 Å². The predicted octanol–water partition coefficient (Wildman–Crippen LogP) is -0.416. The van der Waals surface area contributed by atoms with E-state index in [0.717, 1.165) is 24.6 Å². The van der Waals surface area contributed by atoms with Crippen LogP contribution in [0.1, 0.15) is 1.43 Å². The highest BCUT2D eigenvalue weighted by Crippen LogP contribution is 1.84. The standard InChI is InChI=1S/C4H9NOS.H2/c6-7-3-1-5-2-4-7;/h5H,1-4H2;1H. The van der Waals surface area contributed by atoms with Gasteiger partial charge in [0.05, 0.1) is 0 Å². The van der Waals surface area contributed by atoms with E-state index in [1.165, 1.54) is 0 Å². The Morgan fingerprint density at radius 1 is 1.43 bits per heavy atom. The first kappa shape index (κ1) is 5.25. The van der Waals surface area contributed by atoms with Crippen LogP contribution in [0, 0.1) is 0 Å². The predicted molar refractivity (Wildman–Crippen MR) is 32.9 cm³/mol. The monoisotopic (exact) mass is 121 g/mol. The molecule has 0 bridgehead atoms. The van der Waals surface area contributed by atoms with Gasteiger partial charge in [0.15, 0.2) is 0 Å². The highest BCUT2D eigenvalue weighted by Gasteiger charge is 2.03. The van der Waals surface area contributed by atoms with Gasteiger partial charge in [0.2, 0.25) is 0 Å². The van der Waals surface area contributed by atoms with Gasteiger partial charge in [-0.3, -0.25) is 4.21 Å². The lowest BCUT2D eigenvalue weighted by Gasteiger charge is -2.09. The number of nitrogens with one attached hydrogen (secondary N) is 1. The fourth-order valence-electron chi connectivity index (χ4n) is 0.599. The van der Waals surface area contributed by atoms with Gasteiger partial charge in [-0.15, -0.1) is 0 Å². The molecule has 0 aliphatic carbocycles. The van der Waals surface area contributed by atoms with Crippen LogP contribution in [0.4, 0.5) is 0 Å². The van der Waals surface area contributed by atoms with E-state index in [1.807, 2.05) is 0 Å². The van der Waals surface area contributed by atoms with Crippen LogP contribution in [-0.4, -0.2) is 28.8 Å². The third-order valence-corrected chi connectivity index (χ3v) is 2.33. The van der Waals surface area contributed by atoms with E-state index < -0.39 is 10.8 Å². The van der Waals surface area contributed by atoms with Crippen molar-refractivity contribution in [3.63, 3.8) is 0 Å². The molecule has 1 N–H and O–H groups in total. The average Bonchev–Trinajstić information content (AvgIpc) is 1.69. The average molecular weight is 121 g/mol. The quantitative estimate of drug-likeness (QED) is 0.472. The Morgan fingerprint density at radius 2 is 2.00 bits per heavy atom. The zero-order valence-corrected chi connectivity index (χ0v) is 4.96. The van der Waals surface area contributed by atoms with Crippen molar-refractivity contribution in [1.29, 1.82) is 0 Å². The van der Waals surface area contributed by atoms with Crippen molar-refractivity contribution in [2.45, 2.75) is 0 Å². The minimum atomic E-state index is -0.503. The van der Waals surface area contributed by atoms with Crippen molar-refractivity contribution in [1.82, 2.24) is 5.32 Å². The van der Waals surface area contributed by atoms with Gasteiger partial charge in [-0.1, -0.05) is 0 Å². The molecule has 0 radical (unpaired) electrons. The van der Waals surface area contributed by atoms with E-state index in [0.29, 0.717) is 0 Å². The lowest BCUT2D eigenvalue weighted by molar-refractivity contribution is 0.659. The molecule has 0 saturated carbocycles. The third kappa shape index (κ3) is 1.57. The molecule has 0 unspecified atom stereocenters. The van der Waals surface area contributed by atoms with Crippen LogP contribution in [0.25, 0.3) is 0 Å². The molecule has 1 aliphatic rings. The summed E-state index contributed by atoms with van der Waals surface area (Å²) < 4.78 is 10.5. The van der Waals surface area contributed by atoms with E-state index in [9.17, 15) is 4.21 Å². The SMILES string of the molecule is O=S1CCNCC1.[HH]. The van der Waals surface area contributed by atoms with Crippen molar-refractivity contribution in [2.24, 2.45) is 0 Å². The van der Waals surface area contributed by atoms with Crippen LogP contribution in [0.5, 0.6) is 0 Å². The molecule has 1 aliphatic heterocycles. The van der Waals surface area contributed by atoms with Crippen LogP contribution < -0.4 is 5.32 Å². The van der Waals surface area contributed by atoms with Crippen LogP contribution in [-0.2, 0) is 10.8 Å². The molecular weight excluding hydrogens is 110 g/mol. The zero-order valence-electron chi connectivity index (χ0n) is 4.14. The Hall–Kier alpha value is 0.110. The van der Waals surface area contributed by atoms with Gasteiger partial charge >= 0.3 is 0 Å². The smallest absolute Gasteiger partial charge is 0.0360 e. The van der Waals surface area contributed by atoms with E-state index >= 15 is 0 Å². The van der Waals surface area contributed by atoms with Gasteiger partial charge in [-0.05, 0) is 0 Å². The van der Waals surface area contributed by atoms with Gasteiger partial charge in [0, 0.05) is 36.8 Å². The largest absolute Gasteiger partial charge is 0.315 e. The fraction of sp³-hybridized carbons (Fsp3) is 1.00. The maximum atomic E-state index is 10.5. The van der Waals surface area contributed by atoms with E-state index in [1.54, 1.807) is 0 Å². The second-order valence-electron chi connectivity index (χ2n) is 1.60. The van der Waals surface area contributed by atoms with Gasteiger partial charge in [0.1, 0.15) is 0 Å². The minimum Gasteiger partial charge on any atom is -0.315 e. The number of hydrogen-bond acceptors (Lipinski definition) is 2. The molecule has 0 aromatic rings. The number of hydrogen-bond donors (Lipinski definition) is 1. The molecule has 0 spiro atoms. The first-order valence-corrected chi connectivity index (χ1v) is 3.94. The van der Waals surface area contributed by atoms with Crippen molar-refractivity contribution in [3.05, 3.63) is 0 Å². The molecule has 0 atom stereocenters. The summed E-state index contributed by atoms with van der Waals surface area (Å²) in [5, 5.41) is 3.12. The molecule has 1 fully saturated rings. The van der Waals surface area contributed by atoms with Crippen molar-refractivity contribution in [2.75, 3.05) is 24.6 Å². The van der Waals surface area contributed by atoms with Crippen LogP contribution >= 0.6 is 0 Å². The van der Waals surface area contributed by atoms with Crippen LogP contribution in [0.15, 0.2) is 0 Å². The molecule has 7 heavy (non-hydrogen) atoms. The first-order valence-electron chi connectivity index (χ1n) is 2.45. The Balaban J connectivity index is 0.000000490. The molecule has 1 heterocycles. The maximum Gasteiger partial charge on any atom is 0.0360 e. The molecule has 2 nitrogen and oxygen atoms in total. The third-order valence-electron chi connectivity index (χ3n) is 1.01. The summed E-state index contributed by atoms with van der Waals surface area (Å²) in [6.45, 7) is 1.87. The lowest BCUT2D eigenvalue weighted by Crippen LogP contribution is -2.32. The molecule has 1 rings (SSSR count). The summed E-state index contributed by atoms with van der Waals surface area (Å²) in [6.07, 6.45) is 0. The van der Waals surface area contributed by atoms with E-state index in [-0.39, 0.29) is 1.43 Å². The second-order valence-corrected chi connectivity index (χ2v) is 3.29. The molecular formula is C4H11NOS. The lowest BCUT2D eigenvalue weighted by atomic mass is 10.6. The second kappa shape index (κ2) is 2.43. The molecule has 0 aromatic carbocycles. The van der Waals surface area contributed by atoms with E-state index in [4.69, 9.17) is 0 Å². The highest BCUT2D eigenvalue weighted by molar-refractivity contribution is 7.85. The molecule has 3 heteroatoms. The van der Waals surface area contributed by atoms with Gasteiger partial charge < -0.3 is 5.32 Å². The summed E-state index contributed by atoms with van der Waals surface area (Å²) in [7, 11) is -0.503. The number of rotatable bonds is 0. The van der Waals surface area contributed by atoms with Gasteiger partial charge in [-0.25, -0.2) is 0 Å². The zero-order chi connectivity index (χ0) is 5.11. The van der Waals surface area contributed by atoms with Crippen molar-refractivity contribution < 1.29 is 5.64 Å². The fourth-order valence-corrected chi connectivity index (χ4v) is 1.55. The first-order chi connectivity index (χ1) is 3.39. The summed E-state index contributed by atoms with van der Waals surface area (Å²) in [6, 6.07) is 0. The molecule has 44 valence electrons. The maximum absolute atomic E-state index is 10.5. The normalized spacial score (nSPS) is 25.1. The Kier molecular flexibility index (Phi) is 1.82. The molecule has 0 amide bonds. The minimum absolute atomic E-state index is 0. The van der Waals surface area contributed by atoms with Crippen molar-refractivity contribution in [3.8, 4) is 0 Å². The van der Waals surface area contributed by atoms with Gasteiger partial charge in [0.25, 0.3) is 0 Å². The highest BCUT2D eigenvalue weighted by atomic mass is 32.2. The Morgan fingerprint density at radius 3 is 2.29 bits per heavy atom. The van der Waals surface area contributed by atoms with Crippen LogP contribution in [0.2, 0.25) is 0 Å². The molecule has 0 aromatic heterocycles. The summed E-state index contributed by atoms with van der Waals surface area (Å²) in [4.78, 5) is 0. The van der Waals surface area contributed by atoms with E-state index in [2.05, 4.69) is 5.32 Å².